The van der Waals surface area contributed by atoms with E-state index in [9.17, 15) is 8.42 Å². The Morgan fingerprint density at radius 2 is 2.20 bits per heavy atom. The molecule has 0 aromatic carbocycles. The first kappa shape index (κ1) is 12.9. The lowest BCUT2D eigenvalue weighted by atomic mass is 10.1. The summed E-state index contributed by atoms with van der Waals surface area (Å²) in [6, 6.07) is -0.0842. The van der Waals surface area contributed by atoms with Crippen LogP contribution >= 0.6 is 12.2 Å². The van der Waals surface area contributed by atoms with Crippen molar-refractivity contribution >= 4 is 27.2 Å². The summed E-state index contributed by atoms with van der Waals surface area (Å²) >= 11 is 4.93. The lowest BCUT2D eigenvalue weighted by Crippen LogP contribution is -2.42. The van der Waals surface area contributed by atoms with Gasteiger partial charge in [-0.25, -0.2) is 13.1 Å². The average Bonchev–Trinajstić information content (AvgIpc) is 2.50. The third-order valence-electron chi connectivity index (χ3n) is 2.69. The molecule has 1 saturated carbocycles. The number of hydrogen-bond donors (Lipinski definition) is 2. The van der Waals surface area contributed by atoms with Gasteiger partial charge in [-0.15, -0.1) is 0 Å². The lowest BCUT2D eigenvalue weighted by Gasteiger charge is -2.19. The van der Waals surface area contributed by atoms with Crippen molar-refractivity contribution in [3.05, 3.63) is 0 Å². The molecule has 1 rings (SSSR count). The van der Waals surface area contributed by atoms with Gasteiger partial charge in [0.25, 0.3) is 0 Å². The molecule has 0 aromatic heterocycles. The van der Waals surface area contributed by atoms with Gasteiger partial charge in [0.15, 0.2) is 0 Å². The van der Waals surface area contributed by atoms with E-state index in [-0.39, 0.29) is 17.7 Å². The SMILES string of the molecule is CCCS(=O)(=O)NC1CCCC1C(N)=S. The Bertz CT molecular complexity index is 327. The van der Waals surface area contributed by atoms with E-state index in [1.54, 1.807) is 0 Å². The first-order valence-electron chi connectivity index (χ1n) is 5.25. The predicted octanol–water partition coefficient (Wildman–Crippen LogP) is 0.771. The van der Waals surface area contributed by atoms with Gasteiger partial charge >= 0.3 is 0 Å². The Morgan fingerprint density at radius 3 is 2.73 bits per heavy atom. The molecule has 2 unspecified atom stereocenters. The van der Waals surface area contributed by atoms with Crippen molar-refractivity contribution in [2.45, 2.75) is 38.6 Å². The minimum atomic E-state index is -3.15. The van der Waals surface area contributed by atoms with Crippen LogP contribution in [0.15, 0.2) is 0 Å². The summed E-state index contributed by atoms with van der Waals surface area (Å²) in [5.41, 5.74) is 5.58. The summed E-state index contributed by atoms with van der Waals surface area (Å²) in [6.07, 6.45) is 3.35. The summed E-state index contributed by atoms with van der Waals surface area (Å²) < 4.78 is 25.8. The van der Waals surface area contributed by atoms with Gasteiger partial charge < -0.3 is 5.73 Å². The smallest absolute Gasteiger partial charge is 0.211 e. The highest BCUT2D eigenvalue weighted by molar-refractivity contribution is 7.89. The number of thiocarbonyl (C=S) groups is 1. The molecule has 1 fully saturated rings. The number of nitrogens with two attached hydrogens (primary N) is 1. The number of nitrogens with one attached hydrogen (secondary N) is 1. The Labute approximate surface area is 96.7 Å². The summed E-state index contributed by atoms with van der Waals surface area (Å²) in [5.74, 6) is 0.208. The molecule has 2 atom stereocenters. The van der Waals surface area contributed by atoms with Crippen molar-refractivity contribution in [3.63, 3.8) is 0 Å². The second-order valence-electron chi connectivity index (χ2n) is 3.98. The average molecular weight is 250 g/mol. The van der Waals surface area contributed by atoms with Crippen LogP contribution in [-0.4, -0.2) is 25.2 Å². The maximum atomic E-state index is 11.6. The maximum Gasteiger partial charge on any atom is 0.211 e. The maximum absolute atomic E-state index is 11.6. The zero-order valence-electron chi connectivity index (χ0n) is 8.90. The Morgan fingerprint density at radius 1 is 1.53 bits per heavy atom. The minimum Gasteiger partial charge on any atom is -0.393 e. The zero-order chi connectivity index (χ0) is 11.5. The molecule has 3 N–H and O–H groups in total. The van der Waals surface area contributed by atoms with E-state index in [0.717, 1.165) is 19.3 Å². The first-order valence-corrected chi connectivity index (χ1v) is 7.31. The van der Waals surface area contributed by atoms with Crippen molar-refractivity contribution in [2.75, 3.05) is 5.75 Å². The van der Waals surface area contributed by atoms with Crippen molar-refractivity contribution in [1.29, 1.82) is 0 Å². The topological polar surface area (TPSA) is 72.2 Å². The second-order valence-corrected chi connectivity index (χ2v) is 6.33. The molecule has 0 spiro atoms. The van der Waals surface area contributed by atoms with E-state index >= 15 is 0 Å². The summed E-state index contributed by atoms with van der Waals surface area (Å²) in [6.45, 7) is 1.85. The Hall–Kier alpha value is -0.200. The molecule has 88 valence electrons. The van der Waals surface area contributed by atoms with Gasteiger partial charge in [0.1, 0.15) is 0 Å². The van der Waals surface area contributed by atoms with E-state index in [1.807, 2.05) is 6.92 Å². The van der Waals surface area contributed by atoms with Gasteiger partial charge in [-0.2, -0.15) is 0 Å². The van der Waals surface area contributed by atoms with E-state index in [4.69, 9.17) is 18.0 Å². The van der Waals surface area contributed by atoms with Crippen LogP contribution < -0.4 is 10.5 Å². The van der Waals surface area contributed by atoms with Crippen LogP contribution in [0.4, 0.5) is 0 Å². The number of hydrogen-bond acceptors (Lipinski definition) is 3. The molecule has 0 heterocycles. The molecule has 0 bridgehead atoms. The Balaban J connectivity index is 2.61. The molecule has 6 heteroatoms. The van der Waals surface area contributed by atoms with Crippen molar-refractivity contribution in [2.24, 2.45) is 11.7 Å². The van der Waals surface area contributed by atoms with Crippen LogP contribution in [0, 0.1) is 5.92 Å². The molecule has 15 heavy (non-hydrogen) atoms. The van der Waals surface area contributed by atoms with E-state index in [2.05, 4.69) is 4.72 Å². The van der Waals surface area contributed by atoms with Crippen LogP contribution in [0.25, 0.3) is 0 Å². The highest BCUT2D eigenvalue weighted by atomic mass is 32.2. The molecular formula is C9H18N2O2S2. The van der Waals surface area contributed by atoms with Crippen molar-refractivity contribution < 1.29 is 8.42 Å². The van der Waals surface area contributed by atoms with Crippen molar-refractivity contribution in [3.8, 4) is 0 Å². The molecule has 0 aromatic rings. The minimum absolute atomic E-state index is 0.0339. The number of rotatable bonds is 5. The summed E-state index contributed by atoms with van der Waals surface area (Å²) in [7, 11) is -3.15. The van der Waals surface area contributed by atoms with Crippen LogP contribution in [0.3, 0.4) is 0 Å². The molecule has 0 saturated heterocycles. The van der Waals surface area contributed by atoms with E-state index < -0.39 is 10.0 Å². The third kappa shape index (κ3) is 3.70. The van der Waals surface area contributed by atoms with Gasteiger partial charge in [0.2, 0.25) is 10.0 Å². The molecule has 1 aliphatic rings. The lowest BCUT2D eigenvalue weighted by molar-refractivity contribution is 0.524. The van der Waals surface area contributed by atoms with Crippen LogP contribution in [0.2, 0.25) is 0 Å². The largest absolute Gasteiger partial charge is 0.393 e. The molecule has 0 amide bonds. The fourth-order valence-corrected chi connectivity index (χ4v) is 3.68. The van der Waals surface area contributed by atoms with Gasteiger partial charge in [-0.05, 0) is 19.3 Å². The normalized spacial score (nSPS) is 26.7. The third-order valence-corrected chi connectivity index (χ3v) is 4.60. The summed E-state index contributed by atoms with van der Waals surface area (Å²) in [5, 5.41) is 0. The van der Waals surface area contributed by atoms with Crippen LogP contribution in [0.5, 0.6) is 0 Å². The molecule has 4 nitrogen and oxygen atoms in total. The second kappa shape index (κ2) is 5.23. The fourth-order valence-electron chi connectivity index (χ4n) is 2.00. The summed E-state index contributed by atoms with van der Waals surface area (Å²) in [4.78, 5) is 0.427. The van der Waals surface area contributed by atoms with E-state index in [0.29, 0.717) is 11.4 Å². The molecular weight excluding hydrogens is 232 g/mol. The monoisotopic (exact) mass is 250 g/mol. The first-order chi connectivity index (χ1) is 6.96. The predicted molar refractivity (Wildman–Crippen MR) is 65.1 cm³/mol. The van der Waals surface area contributed by atoms with Gasteiger partial charge in [0.05, 0.1) is 10.7 Å². The molecule has 1 aliphatic carbocycles. The Kier molecular flexibility index (Phi) is 4.48. The van der Waals surface area contributed by atoms with Crippen molar-refractivity contribution in [1.82, 2.24) is 4.72 Å². The molecule has 0 radical (unpaired) electrons. The van der Waals surface area contributed by atoms with Gasteiger partial charge in [-0.3, -0.25) is 0 Å². The number of sulfonamides is 1. The zero-order valence-corrected chi connectivity index (χ0v) is 10.5. The van der Waals surface area contributed by atoms with Gasteiger partial charge in [0, 0.05) is 12.0 Å². The van der Waals surface area contributed by atoms with Crippen LogP contribution in [-0.2, 0) is 10.0 Å². The standard InChI is InChI=1S/C9H18N2O2S2/c1-2-6-15(12,13)11-8-5-3-4-7(8)9(10)14/h7-8,11H,2-6H2,1H3,(H2,10,14). The van der Waals surface area contributed by atoms with Gasteiger partial charge in [-0.1, -0.05) is 25.6 Å². The highest BCUT2D eigenvalue weighted by Gasteiger charge is 2.31. The van der Waals surface area contributed by atoms with Crippen LogP contribution in [0.1, 0.15) is 32.6 Å². The fraction of sp³-hybridized carbons (Fsp3) is 0.889. The van der Waals surface area contributed by atoms with E-state index in [1.165, 1.54) is 0 Å². The highest BCUT2D eigenvalue weighted by Crippen LogP contribution is 2.26. The quantitative estimate of drug-likeness (QED) is 0.707. The molecule has 0 aliphatic heterocycles.